The van der Waals surface area contributed by atoms with Gasteiger partial charge in [-0.25, -0.2) is 14.8 Å². The zero-order chi connectivity index (χ0) is 27.3. The van der Waals surface area contributed by atoms with Crippen molar-refractivity contribution in [2.45, 2.75) is 39.3 Å². The summed E-state index contributed by atoms with van der Waals surface area (Å²) in [6, 6.07) is 13.5. The SMILES string of the molecule is COc1cc2c(N3CCCN(S(=O)(=O)OC(=O)NC(C)(C)C)CC3)ncnc2cc1OCc1ccccc1. The van der Waals surface area contributed by atoms with E-state index in [0.29, 0.717) is 49.0 Å². The van der Waals surface area contributed by atoms with Crippen molar-refractivity contribution in [2.24, 2.45) is 0 Å². The first-order chi connectivity index (χ1) is 18.1. The summed E-state index contributed by atoms with van der Waals surface area (Å²) >= 11 is 0. The molecule has 38 heavy (non-hydrogen) atoms. The summed E-state index contributed by atoms with van der Waals surface area (Å²) in [5.41, 5.74) is 1.08. The van der Waals surface area contributed by atoms with E-state index in [2.05, 4.69) is 15.3 Å². The molecule has 0 saturated carbocycles. The summed E-state index contributed by atoms with van der Waals surface area (Å²) < 4.78 is 43.1. The Kier molecular flexibility index (Phi) is 8.22. The first kappa shape index (κ1) is 27.4. The molecule has 1 aliphatic rings. The zero-order valence-electron chi connectivity index (χ0n) is 22.0. The number of hydrogen-bond acceptors (Lipinski definition) is 9. The molecule has 11 nitrogen and oxygen atoms in total. The van der Waals surface area contributed by atoms with Crippen LogP contribution in [0.2, 0.25) is 0 Å². The lowest BCUT2D eigenvalue weighted by Gasteiger charge is -2.24. The maximum absolute atomic E-state index is 12.7. The van der Waals surface area contributed by atoms with Crippen molar-refractivity contribution in [3.05, 3.63) is 54.4 Å². The molecule has 1 N–H and O–H groups in total. The number of fused-ring (bicyclic) bond motifs is 1. The number of rotatable bonds is 7. The number of nitrogens with one attached hydrogen (secondary N) is 1. The molecule has 0 aliphatic carbocycles. The van der Waals surface area contributed by atoms with E-state index in [1.165, 1.54) is 10.6 Å². The number of anilines is 1. The van der Waals surface area contributed by atoms with Gasteiger partial charge in [-0.05, 0) is 38.8 Å². The van der Waals surface area contributed by atoms with Crippen molar-refractivity contribution < 1.29 is 26.9 Å². The van der Waals surface area contributed by atoms with Gasteiger partial charge in [0.2, 0.25) is 0 Å². The van der Waals surface area contributed by atoms with Crippen molar-refractivity contribution in [3.8, 4) is 11.5 Å². The van der Waals surface area contributed by atoms with Crippen molar-refractivity contribution in [3.63, 3.8) is 0 Å². The van der Waals surface area contributed by atoms with Crippen LogP contribution in [0.25, 0.3) is 10.9 Å². The van der Waals surface area contributed by atoms with Gasteiger partial charge in [-0.2, -0.15) is 12.7 Å². The van der Waals surface area contributed by atoms with E-state index in [9.17, 15) is 13.2 Å². The van der Waals surface area contributed by atoms with Crippen LogP contribution in [-0.2, 0) is 21.1 Å². The zero-order valence-corrected chi connectivity index (χ0v) is 22.8. The standard InChI is InChI=1S/C26H33N5O6S/c1-26(2,3)29-25(32)37-38(33,34)31-12-8-11-30(13-14-31)24-20-15-22(35-4)23(16-21(20)27-18-28-24)36-17-19-9-6-5-7-10-19/h5-7,9-10,15-16,18H,8,11-14,17H2,1-4H3,(H,29,32). The molecule has 0 bridgehead atoms. The molecule has 1 saturated heterocycles. The molecule has 0 unspecified atom stereocenters. The Labute approximate surface area is 223 Å². The van der Waals surface area contributed by atoms with Crippen molar-refractivity contribution in [1.82, 2.24) is 19.6 Å². The topological polar surface area (TPSA) is 123 Å². The molecule has 0 radical (unpaired) electrons. The molecular weight excluding hydrogens is 510 g/mol. The predicted octanol–water partition coefficient (Wildman–Crippen LogP) is 3.50. The number of carbonyl (C=O) groups excluding carboxylic acids is 1. The second-order valence-corrected chi connectivity index (χ2v) is 11.5. The third-order valence-electron chi connectivity index (χ3n) is 5.87. The van der Waals surface area contributed by atoms with Gasteiger partial charge in [0.05, 0.1) is 12.6 Å². The predicted molar refractivity (Wildman–Crippen MR) is 144 cm³/mol. The second kappa shape index (κ2) is 11.4. The first-order valence-electron chi connectivity index (χ1n) is 12.3. The lowest BCUT2D eigenvalue weighted by atomic mass is 10.1. The average Bonchev–Trinajstić information content (AvgIpc) is 3.12. The number of nitrogens with zero attached hydrogens (tertiary/aromatic N) is 4. The van der Waals surface area contributed by atoms with Crippen LogP contribution in [0.5, 0.6) is 11.5 Å². The van der Waals surface area contributed by atoms with Gasteiger partial charge in [0, 0.05) is 43.2 Å². The molecule has 0 spiro atoms. The van der Waals surface area contributed by atoms with Crippen molar-refractivity contribution in [1.29, 1.82) is 0 Å². The van der Waals surface area contributed by atoms with E-state index in [1.54, 1.807) is 27.9 Å². The minimum absolute atomic E-state index is 0.131. The molecule has 1 amide bonds. The number of hydrogen-bond donors (Lipinski definition) is 1. The van der Waals surface area contributed by atoms with Crippen LogP contribution in [0, 0.1) is 0 Å². The Balaban J connectivity index is 1.51. The maximum Gasteiger partial charge on any atom is 0.424 e. The lowest BCUT2D eigenvalue weighted by Crippen LogP contribution is -2.44. The van der Waals surface area contributed by atoms with Crippen LogP contribution < -0.4 is 19.7 Å². The molecule has 2 heterocycles. The molecule has 0 atom stereocenters. The molecule has 4 rings (SSSR count). The molecule has 12 heteroatoms. The van der Waals surface area contributed by atoms with Crippen LogP contribution >= 0.6 is 0 Å². The maximum atomic E-state index is 12.7. The number of amides is 1. The van der Waals surface area contributed by atoms with E-state index >= 15 is 0 Å². The van der Waals surface area contributed by atoms with E-state index in [0.717, 1.165) is 10.9 Å². The second-order valence-electron chi connectivity index (χ2n) is 9.93. The highest BCUT2D eigenvalue weighted by Gasteiger charge is 2.31. The summed E-state index contributed by atoms with van der Waals surface area (Å²) in [6.45, 7) is 6.85. The number of benzene rings is 2. The Morgan fingerprint density at radius 3 is 2.50 bits per heavy atom. The summed E-state index contributed by atoms with van der Waals surface area (Å²) in [5.74, 6) is 1.77. The van der Waals surface area contributed by atoms with Crippen LogP contribution in [0.4, 0.5) is 10.6 Å². The van der Waals surface area contributed by atoms with Gasteiger partial charge in [-0.3, -0.25) is 0 Å². The molecule has 1 aliphatic heterocycles. The Morgan fingerprint density at radius 1 is 1.03 bits per heavy atom. The number of methoxy groups -OCH3 is 1. The van der Waals surface area contributed by atoms with E-state index in [1.807, 2.05) is 47.4 Å². The van der Waals surface area contributed by atoms with Gasteiger partial charge < -0.3 is 23.9 Å². The molecule has 204 valence electrons. The minimum atomic E-state index is -4.25. The molecule has 3 aromatic rings. The molecular formula is C26H33N5O6S. The van der Waals surface area contributed by atoms with Gasteiger partial charge in [0.15, 0.2) is 11.5 Å². The largest absolute Gasteiger partial charge is 0.493 e. The van der Waals surface area contributed by atoms with E-state index < -0.39 is 21.9 Å². The highest BCUT2D eigenvalue weighted by Crippen LogP contribution is 2.35. The van der Waals surface area contributed by atoms with Crippen LogP contribution in [0.3, 0.4) is 0 Å². The van der Waals surface area contributed by atoms with Gasteiger partial charge in [0.25, 0.3) is 0 Å². The van der Waals surface area contributed by atoms with E-state index in [4.69, 9.17) is 13.7 Å². The van der Waals surface area contributed by atoms with Crippen LogP contribution in [0.1, 0.15) is 32.8 Å². The highest BCUT2D eigenvalue weighted by molar-refractivity contribution is 7.84. The minimum Gasteiger partial charge on any atom is -0.493 e. The molecule has 1 aromatic heterocycles. The number of carbonyl (C=O) groups is 1. The summed E-state index contributed by atoms with van der Waals surface area (Å²) in [4.78, 5) is 23.0. The number of aromatic nitrogens is 2. The molecule has 1 fully saturated rings. The Morgan fingerprint density at radius 2 is 1.79 bits per heavy atom. The molecule has 2 aromatic carbocycles. The van der Waals surface area contributed by atoms with E-state index in [-0.39, 0.29) is 13.1 Å². The van der Waals surface area contributed by atoms with Gasteiger partial charge in [-0.15, -0.1) is 0 Å². The normalized spacial score (nSPS) is 15.1. The van der Waals surface area contributed by atoms with Crippen molar-refractivity contribution in [2.75, 3.05) is 38.2 Å². The lowest BCUT2D eigenvalue weighted by molar-refractivity contribution is 0.187. The third-order valence-corrected chi connectivity index (χ3v) is 7.23. The summed E-state index contributed by atoms with van der Waals surface area (Å²) in [6.07, 6.45) is 0.993. The fourth-order valence-corrected chi connectivity index (χ4v) is 5.11. The highest BCUT2D eigenvalue weighted by atomic mass is 32.2. The fourth-order valence-electron chi connectivity index (χ4n) is 4.11. The third kappa shape index (κ3) is 6.81. The first-order valence-corrected chi connectivity index (χ1v) is 13.7. The monoisotopic (exact) mass is 543 g/mol. The quantitative estimate of drug-likeness (QED) is 0.477. The summed E-state index contributed by atoms with van der Waals surface area (Å²) in [7, 11) is -2.67. The average molecular weight is 544 g/mol. The smallest absolute Gasteiger partial charge is 0.424 e. The fraction of sp³-hybridized carbons (Fsp3) is 0.423. The Bertz CT molecular complexity index is 1380. The summed E-state index contributed by atoms with van der Waals surface area (Å²) in [5, 5.41) is 3.26. The van der Waals surface area contributed by atoms with Gasteiger partial charge in [-0.1, -0.05) is 30.3 Å². The van der Waals surface area contributed by atoms with Crippen molar-refractivity contribution >= 4 is 33.1 Å². The van der Waals surface area contributed by atoms with Gasteiger partial charge >= 0.3 is 16.4 Å². The van der Waals surface area contributed by atoms with Crippen LogP contribution in [0.15, 0.2) is 48.8 Å². The van der Waals surface area contributed by atoms with Crippen LogP contribution in [-0.4, -0.2) is 67.6 Å². The Hall–Kier alpha value is -3.64. The van der Waals surface area contributed by atoms with Gasteiger partial charge in [0.1, 0.15) is 18.8 Å². The number of ether oxygens (including phenoxy) is 2.